The second-order valence-electron chi connectivity index (χ2n) is 7.65. The molecule has 1 unspecified atom stereocenters. The molecule has 2 amide bonds. The second-order valence-corrected chi connectivity index (χ2v) is 7.65. The summed E-state index contributed by atoms with van der Waals surface area (Å²) >= 11 is 0. The molecule has 0 aliphatic carbocycles. The maximum Gasteiger partial charge on any atom is 0.262 e. The molecule has 1 aliphatic rings. The number of amides is 2. The molecule has 1 aliphatic heterocycles. The van der Waals surface area contributed by atoms with Gasteiger partial charge in [-0.1, -0.05) is 29.8 Å². The zero-order chi connectivity index (χ0) is 21.3. The van der Waals surface area contributed by atoms with Crippen molar-refractivity contribution >= 4 is 17.5 Å². The van der Waals surface area contributed by atoms with E-state index < -0.39 is 0 Å². The van der Waals surface area contributed by atoms with Gasteiger partial charge in [0.1, 0.15) is 23.3 Å². The van der Waals surface area contributed by atoms with Crippen LogP contribution >= 0.6 is 0 Å². The molecule has 2 aromatic carbocycles. The average Bonchev–Trinajstić information content (AvgIpc) is 3.13. The minimum Gasteiger partial charge on any atom is -0.482 e. The van der Waals surface area contributed by atoms with Crippen LogP contribution in [0.2, 0.25) is 0 Å². The molecule has 0 fully saturated rings. The lowest BCUT2D eigenvalue weighted by molar-refractivity contribution is -0.121. The average molecular weight is 404 g/mol. The first-order valence-corrected chi connectivity index (χ1v) is 9.87. The van der Waals surface area contributed by atoms with Gasteiger partial charge in [0.05, 0.1) is 12.1 Å². The normalized spacial score (nSPS) is 13.8. The predicted octanol–water partition coefficient (Wildman–Crippen LogP) is 3.98. The first-order chi connectivity index (χ1) is 14.4. The molecule has 1 aromatic heterocycles. The lowest BCUT2D eigenvalue weighted by Crippen LogP contribution is -2.31. The summed E-state index contributed by atoms with van der Waals surface area (Å²) in [7, 11) is 0. The van der Waals surface area contributed by atoms with Gasteiger partial charge >= 0.3 is 0 Å². The SMILES string of the molecule is Cc1ccc(C(NC(=O)Cc2ccc3c(c2)OCC(=O)N3)c2ccc(C)o2)c(C)c1. The maximum atomic E-state index is 12.9. The predicted molar refractivity (Wildman–Crippen MR) is 114 cm³/mol. The summed E-state index contributed by atoms with van der Waals surface area (Å²) < 4.78 is 11.3. The monoisotopic (exact) mass is 404 g/mol. The Morgan fingerprint density at radius 3 is 2.67 bits per heavy atom. The lowest BCUT2D eigenvalue weighted by Gasteiger charge is -2.21. The zero-order valence-corrected chi connectivity index (χ0v) is 17.2. The van der Waals surface area contributed by atoms with E-state index in [1.807, 2.05) is 51.1 Å². The van der Waals surface area contributed by atoms with Gasteiger partial charge in [-0.25, -0.2) is 0 Å². The van der Waals surface area contributed by atoms with Crippen LogP contribution in [0.25, 0.3) is 0 Å². The van der Waals surface area contributed by atoms with Crippen LogP contribution in [0, 0.1) is 20.8 Å². The highest BCUT2D eigenvalue weighted by molar-refractivity contribution is 5.95. The molecule has 0 bridgehead atoms. The fourth-order valence-corrected chi connectivity index (χ4v) is 3.69. The Bertz CT molecular complexity index is 1120. The molecule has 4 rings (SSSR count). The van der Waals surface area contributed by atoms with Gasteiger partial charge < -0.3 is 19.8 Å². The van der Waals surface area contributed by atoms with Gasteiger partial charge in [0, 0.05) is 0 Å². The Labute approximate surface area is 175 Å². The van der Waals surface area contributed by atoms with Gasteiger partial charge in [0.2, 0.25) is 5.91 Å². The minimum atomic E-state index is -0.375. The number of furan rings is 1. The van der Waals surface area contributed by atoms with E-state index in [1.165, 1.54) is 0 Å². The molecule has 1 atom stereocenters. The van der Waals surface area contributed by atoms with Gasteiger partial charge in [-0.3, -0.25) is 9.59 Å². The Kier molecular flexibility index (Phi) is 5.31. The molecule has 3 aromatic rings. The van der Waals surface area contributed by atoms with E-state index in [0.717, 1.165) is 28.0 Å². The number of aryl methyl sites for hydroxylation is 3. The first kappa shape index (κ1) is 19.8. The van der Waals surface area contributed by atoms with E-state index in [0.29, 0.717) is 17.2 Å². The van der Waals surface area contributed by atoms with Crippen LogP contribution in [-0.4, -0.2) is 18.4 Å². The summed E-state index contributed by atoms with van der Waals surface area (Å²) in [5.41, 5.74) is 4.68. The Morgan fingerprint density at radius 2 is 1.93 bits per heavy atom. The van der Waals surface area contributed by atoms with Gasteiger partial charge in [0.25, 0.3) is 5.91 Å². The number of anilines is 1. The van der Waals surface area contributed by atoms with Crippen LogP contribution in [0.5, 0.6) is 5.75 Å². The summed E-state index contributed by atoms with van der Waals surface area (Å²) in [5, 5.41) is 5.87. The Balaban J connectivity index is 1.56. The van der Waals surface area contributed by atoms with E-state index in [-0.39, 0.29) is 30.9 Å². The minimum absolute atomic E-state index is 0.0186. The maximum absolute atomic E-state index is 12.9. The summed E-state index contributed by atoms with van der Waals surface area (Å²) in [4.78, 5) is 24.3. The molecule has 154 valence electrons. The third-order valence-electron chi connectivity index (χ3n) is 5.13. The number of hydrogen-bond donors (Lipinski definition) is 2. The molecular formula is C24H24N2O4. The van der Waals surface area contributed by atoms with Crippen molar-refractivity contribution in [3.63, 3.8) is 0 Å². The molecule has 0 saturated heterocycles. The van der Waals surface area contributed by atoms with E-state index in [1.54, 1.807) is 12.1 Å². The van der Waals surface area contributed by atoms with Crippen LogP contribution in [0.3, 0.4) is 0 Å². The number of carbonyl (C=O) groups excluding carboxylic acids is 2. The van der Waals surface area contributed by atoms with Gasteiger partial charge in [-0.05, 0) is 61.7 Å². The molecule has 2 heterocycles. The van der Waals surface area contributed by atoms with Crippen molar-refractivity contribution < 1.29 is 18.7 Å². The van der Waals surface area contributed by atoms with Crippen LogP contribution in [0.1, 0.15) is 39.8 Å². The second kappa shape index (κ2) is 8.06. The van der Waals surface area contributed by atoms with Crippen molar-refractivity contribution in [2.45, 2.75) is 33.2 Å². The third-order valence-corrected chi connectivity index (χ3v) is 5.13. The molecule has 30 heavy (non-hydrogen) atoms. The van der Waals surface area contributed by atoms with Gasteiger partial charge in [-0.2, -0.15) is 0 Å². The molecule has 0 radical (unpaired) electrons. The molecule has 0 saturated carbocycles. The van der Waals surface area contributed by atoms with Gasteiger partial charge in [-0.15, -0.1) is 0 Å². The number of fused-ring (bicyclic) bond motifs is 1. The summed E-state index contributed by atoms with van der Waals surface area (Å²) in [6.45, 7) is 5.94. The Hall–Kier alpha value is -3.54. The van der Waals surface area contributed by atoms with Crippen molar-refractivity contribution in [2.24, 2.45) is 0 Å². The summed E-state index contributed by atoms with van der Waals surface area (Å²) in [6, 6.07) is 14.9. The zero-order valence-electron chi connectivity index (χ0n) is 17.2. The van der Waals surface area contributed by atoms with Crippen molar-refractivity contribution in [3.05, 3.63) is 82.3 Å². The van der Waals surface area contributed by atoms with Crippen LogP contribution < -0.4 is 15.4 Å². The highest BCUT2D eigenvalue weighted by Crippen LogP contribution is 2.30. The highest BCUT2D eigenvalue weighted by Gasteiger charge is 2.23. The van der Waals surface area contributed by atoms with E-state index in [9.17, 15) is 9.59 Å². The molecule has 0 spiro atoms. The van der Waals surface area contributed by atoms with Gasteiger partial charge in [0.15, 0.2) is 6.61 Å². The standard InChI is InChI=1S/C24H24N2O4/c1-14-4-7-18(15(2)10-14)24(20-9-5-16(3)30-20)26-22(27)12-17-6-8-19-21(11-17)29-13-23(28)25-19/h4-11,24H,12-13H2,1-3H3,(H,25,28)(H,26,27). The number of benzene rings is 2. The number of nitrogens with one attached hydrogen (secondary N) is 2. The largest absolute Gasteiger partial charge is 0.482 e. The van der Waals surface area contributed by atoms with E-state index in [2.05, 4.69) is 16.7 Å². The molecular weight excluding hydrogens is 380 g/mol. The van der Waals surface area contributed by atoms with Crippen LogP contribution in [-0.2, 0) is 16.0 Å². The van der Waals surface area contributed by atoms with Crippen molar-refractivity contribution in [1.29, 1.82) is 0 Å². The quantitative estimate of drug-likeness (QED) is 0.674. The summed E-state index contributed by atoms with van der Waals surface area (Å²) in [5.74, 6) is 1.76. The number of carbonyl (C=O) groups is 2. The fourth-order valence-electron chi connectivity index (χ4n) is 3.69. The molecule has 2 N–H and O–H groups in total. The van der Waals surface area contributed by atoms with Crippen molar-refractivity contribution in [3.8, 4) is 5.75 Å². The van der Waals surface area contributed by atoms with Crippen molar-refractivity contribution in [1.82, 2.24) is 5.32 Å². The number of rotatable bonds is 5. The Morgan fingerprint density at radius 1 is 1.10 bits per heavy atom. The molecule has 6 nitrogen and oxygen atoms in total. The number of hydrogen-bond acceptors (Lipinski definition) is 4. The third kappa shape index (κ3) is 4.22. The summed E-state index contributed by atoms with van der Waals surface area (Å²) in [6.07, 6.45) is 0.186. The smallest absolute Gasteiger partial charge is 0.262 e. The van der Waals surface area contributed by atoms with E-state index in [4.69, 9.17) is 9.15 Å². The first-order valence-electron chi connectivity index (χ1n) is 9.87. The highest BCUT2D eigenvalue weighted by atomic mass is 16.5. The van der Waals surface area contributed by atoms with Crippen LogP contribution in [0.15, 0.2) is 52.9 Å². The lowest BCUT2D eigenvalue weighted by atomic mass is 9.97. The van der Waals surface area contributed by atoms with E-state index >= 15 is 0 Å². The molecule has 6 heteroatoms. The fraction of sp³-hybridized carbons (Fsp3) is 0.250. The number of ether oxygens (including phenoxy) is 1. The topological polar surface area (TPSA) is 80.6 Å². The van der Waals surface area contributed by atoms with Crippen molar-refractivity contribution in [2.75, 3.05) is 11.9 Å². The van der Waals surface area contributed by atoms with Crippen LogP contribution in [0.4, 0.5) is 5.69 Å².